The molecule has 0 heterocycles. The second-order valence-electron chi connectivity index (χ2n) is 8.70. The number of carbonyl (C=O) groups is 2. The Morgan fingerprint density at radius 1 is 0.459 bits per heavy atom. The maximum Gasteiger partial charge on any atom is 0.254 e. The van der Waals surface area contributed by atoms with E-state index in [4.69, 9.17) is 0 Å². The van der Waals surface area contributed by atoms with Crippen molar-refractivity contribution in [3.05, 3.63) is 163 Å². The monoisotopic (exact) mass is 500 g/mol. The van der Waals surface area contributed by atoms with Crippen LogP contribution in [0.2, 0.25) is 0 Å². The predicted octanol–water partition coefficient (Wildman–Crippen LogP) is 5.62. The quantitative estimate of drug-likeness (QED) is 0.222. The van der Waals surface area contributed by atoms with Crippen LogP contribution in [0.25, 0.3) is 0 Å². The summed E-state index contributed by atoms with van der Waals surface area (Å²) in [5.41, 5.74) is 1.08. The van der Waals surface area contributed by atoms with E-state index in [0.29, 0.717) is 11.1 Å². The number of ketones is 1. The molecule has 0 aliphatic heterocycles. The third-order valence-corrected chi connectivity index (χ3v) is 11.0. The van der Waals surface area contributed by atoms with E-state index < -0.39 is 13.0 Å². The number of rotatable bonds is 8. The van der Waals surface area contributed by atoms with E-state index in [1.165, 1.54) is 0 Å². The number of nitrogens with one attached hydrogen (secondary N) is 1. The Kier molecular flexibility index (Phi) is 7.35. The average molecular weight is 501 g/mol. The van der Waals surface area contributed by atoms with Crippen molar-refractivity contribution in [1.29, 1.82) is 0 Å². The van der Waals surface area contributed by atoms with Gasteiger partial charge in [0.25, 0.3) is 5.91 Å². The van der Waals surface area contributed by atoms with Crippen molar-refractivity contribution in [1.82, 2.24) is 5.32 Å². The normalized spacial score (nSPS) is 11.9. The molecule has 5 rings (SSSR count). The average Bonchev–Trinajstić information content (AvgIpc) is 2.99. The molecule has 0 saturated carbocycles. The van der Waals surface area contributed by atoms with Gasteiger partial charge in [0.1, 0.15) is 23.2 Å². The molecule has 0 saturated heterocycles. The van der Waals surface area contributed by atoms with Gasteiger partial charge in [-0.2, -0.15) is 0 Å². The zero-order valence-corrected chi connectivity index (χ0v) is 21.2. The van der Waals surface area contributed by atoms with Gasteiger partial charge >= 0.3 is 0 Å². The largest absolute Gasteiger partial charge is 0.310 e. The fraction of sp³-hybridized carbons (Fsp3) is 0.0303. The van der Waals surface area contributed by atoms with Gasteiger partial charge < -0.3 is 5.32 Å². The third-order valence-electron chi connectivity index (χ3n) is 6.49. The molecule has 0 aromatic heterocycles. The molecule has 1 amide bonds. The van der Waals surface area contributed by atoms with Crippen LogP contribution in [0.3, 0.4) is 0 Å². The van der Waals surface area contributed by atoms with Gasteiger partial charge in [0.05, 0.1) is 0 Å². The summed E-state index contributed by atoms with van der Waals surface area (Å²) in [6.07, 6.45) is 0. The number of hydrogen-bond donors (Lipinski definition) is 1. The first-order chi connectivity index (χ1) is 18.2. The van der Waals surface area contributed by atoms with E-state index in [9.17, 15) is 9.59 Å². The molecule has 3 nitrogen and oxygen atoms in total. The fourth-order valence-electron chi connectivity index (χ4n) is 4.78. The highest BCUT2D eigenvalue weighted by Crippen LogP contribution is 2.59. The number of benzene rings is 5. The lowest BCUT2D eigenvalue weighted by Crippen LogP contribution is -2.51. The van der Waals surface area contributed by atoms with E-state index in [1.807, 2.05) is 103 Å². The van der Waals surface area contributed by atoms with E-state index in [1.54, 1.807) is 12.1 Å². The molecule has 0 bridgehead atoms. The highest BCUT2D eigenvalue weighted by atomic mass is 31.2. The maximum absolute atomic E-state index is 14.5. The van der Waals surface area contributed by atoms with Crippen LogP contribution in [0.4, 0.5) is 0 Å². The summed E-state index contributed by atoms with van der Waals surface area (Å²) in [7, 11) is -2.74. The molecule has 0 unspecified atom stereocenters. The molecule has 180 valence electrons. The van der Waals surface area contributed by atoms with E-state index in [2.05, 4.69) is 41.7 Å². The molecule has 0 aliphatic carbocycles. The zero-order chi connectivity index (χ0) is 25.5. The van der Waals surface area contributed by atoms with Crippen molar-refractivity contribution in [3.8, 4) is 0 Å². The molecule has 1 N–H and O–H groups in total. The maximum atomic E-state index is 14.5. The van der Waals surface area contributed by atoms with Crippen molar-refractivity contribution in [2.24, 2.45) is 0 Å². The van der Waals surface area contributed by atoms with Crippen molar-refractivity contribution in [3.63, 3.8) is 0 Å². The second-order valence-corrected chi connectivity index (χ2v) is 12.2. The molecule has 37 heavy (non-hydrogen) atoms. The van der Waals surface area contributed by atoms with Crippen LogP contribution < -0.4 is 21.2 Å². The standard InChI is InChI=1S/C33H26NO2P/c35-31(26-16-6-1-7-17-26)33(34-32(36)27-18-8-2-9-19-27)37(28-20-10-3-11-21-28,29-22-12-4-13-23-29)30-24-14-5-15-25-30/h1-25,33H/p+1/t33-/m0/s1. The Morgan fingerprint density at radius 2 is 0.784 bits per heavy atom. The summed E-state index contributed by atoms with van der Waals surface area (Å²) in [4.78, 5) is 28.2. The number of amides is 1. The Balaban J connectivity index is 1.81. The van der Waals surface area contributed by atoms with Crippen LogP contribution in [0.5, 0.6) is 0 Å². The van der Waals surface area contributed by atoms with Crippen LogP contribution in [0.15, 0.2) is 152 Å². The zero-order valence-electron chi connectivity index (χ0n) is 20.3. The first kappa shape index (κ1) is 24.4. The van der Waals surface area contributed by atoms with E-state index >= 15 is 0 Å². The minimum Gasteiger partial charge on any atom is -0.310 e. The number of carbonyl (C=O) groups excluding carboxylic acids is 2. The summed E-state index contributed by atoms with van der Waals surface area (Å²) in [6.45, 7) is 0. The minimum absolute atomic E-state index is 0.116. The minimum atomic E-state index is -2.74. The molecule has 0 fully saturated rings. The summed E-state index contributed by atoms with van der Waals surface area (Å²) in [5.74, 6) is -1.22. The van der Waals surface area contributed by atoms with Crippen LogP contribution in [-0.4, -0.2) is 17.5 Å². The molecule has 0 spiro atoms. The Hall–Kier alpha value is -4.33. The Labute approximate surface area is 218 Å². The van der Waals surface area contributed by atoms with Crippen LogP contribution in [-0.2, 0) is 0 Å². The number of hydrogen-bond acceptors (Lipinski definition) is 2. The number of Topliss-reactive ketones (excluding diaryl/α,β-unsaturated/α-hetero) is 1. The summed E-state index contributed by atoms with van der Waals surface area (Å²) in [6, 6.07) is 48.7. The van der Waals surface area contributed by atoms with Gasteiger partial charge in [-0.15, -0.1) is 0 Å². The molecule has 0 radical (unpaired) electrons. The molecular weight excluding hydrogens is 473 g/mol. The van der Waals surface area contributed by atoms with Crippen LogP contribution >= 0.6 is 7.26 Å². The molecular formula is C33H27NO2P+. The summed E-state index contributed by atoms with van der Waals surface area (Å²) < 4.78 is 0. The first-order valence-corrected chi connectivity index (χ1v) is 14.1. The molecule has 5 aromatic rings. The highest BCUT2D eigenvalue weighted by molar-refractivity contribution is 7.96. The van der Waals surface area contributed by atoms with Crippen LogP contribution in [0, 0.1) is 0 Å². The Morgan fingerprint density at radius 3 is 1.16 bits per heavy atom. The van der Waals surface area contributed by atoms with Gasteiger partial charge in [0.2, 0.25) is 11.6 Å². The van der Waals surface area contributed by atoms with E-state index in [-0.39, 0.29) is 11.7 Å². The smallest absolute Gasteiger partial charge is 0.254 e. The SMILES string of the molecule is O=C(N[C@H](C(=O)c1ccccc1)[P+](c1ccccc1)(c1ccccc1)c1ccccc1)c1ccccc1. The molecule has 4 heteroatoms. The van der Waals surface area contributed by atoms with Gasteiger partial charge in [-0.05, 0) is 48.5 Å². The van der Waals surface area contributed by atoms with Gasteiger partial charge in [-0.1, -0.05) is 103 Å². The van der Waals surface area contributed by atoms with Crippen molar-refractivity contribution in [2.75, 3.05) is 0 Å². The molecule has 1 atom stereocenters. The third kappa shape index (κ3) is 4.87. The van der Waals surface area contributed by atoms with Gasteiger partial charge in [-0.25, -0.2) is 0 Å². The van der Waals surface area contributed by atoms with Gasteiger partial charge in [0.15, 0.2) is 0 Å². The highest BCUT2D eigenvalue weighted by Gasteiger charge is 2.56. The Bertz CT molecular complexity index is 1360. The first-order valence-electron chi connectivity index (χ1n) is 12.2. The van der Waals surface area contributed by atoms with Gasteiger partial charge in [-0.3, -0.25) is 9.59 Å². The van der Waals surface area contributed by atoms with Crippen molar-refractivity contribution in [2.45, 2.75) is 5.78 Å². The van der Waals surface area contributed by atoms with Gasteiger partial charge in [0, 0.05) is 11.1 Å². The fourth-order valence-corrected chi connectivity index (χ4v) is 9.31. The topological polar surface area (TPSA) is 46.2 Å². The second kappa shape index (κ2) is 11.2. The van der Waals surface area contributed by atoms with Crippen LogP contribution in [0.1, 0.15) is 20.7 Å². The lowest BCUT2D eigenvalue weighted by atomic mass is 10.1. The lowest BCUT2D eigenvalue weighted by molar-refractivity contribution is 0.0890. The lowest BCUT2D eigenvalue weighted by Gasteiger charge is -2.34. The van der Waals surface area contributed by atoms with Crippen molar-refractivity contribution < 1.29 is 9.59 Å². The summed E-state index contributed by atoms with van der Waals surface area (Å²) >= 11 is 0. The molecule has 5 aromatic carbocycles. The summed E-state index contributed by atoms with van der Waals surface area (Å²) in [5, 5.41) is 6.30. The van der Waals surface area contributed by atoms with Crippen molar-refractivity contribution >= 4 is 34.9 Å². The van der Waals surface area contributed by atoms with E-state index in [0.717, 1.165) is 15.9 Å². The predicted molar refractivity (Wildman–Crippen MR) is 154 cm³/mol. The molecule has 0 aliphatic rings.